The molecule has 2 aromatic carbocycles. The summed E-state index contributed by atoms with van der Waals surface area (Å²) >= 11 is 0. The highest BCUT2D eigenvalue weighted by atomic mass is 32.2. The molecule has 2 unspecified atom stereocenters. The van der Waals surface area contributed by atoms with Gasteiger partial charge in [-0.2, -0.15) is 0 Å². The fourth-order valence-electron chi connectivity index (χ4n) is 3.02. The van der Waals surface area contributed by atoms with E-state index < -0.39 is 10.8 Å². The van der Waals surface area contributed by atoms with E-state index in [1.807, 2.05) is 43.4 Å². The van der Waals surface area contributed by atoms with E-state index in [1.165, 1.54) is 11.1 Å². The normalized spacial score (nSPS) is 18.4. The number of rotatable bonds is 6. The molecule has 23 heavy (non-hydrogen) atoms. The molecule has 0 radical (unpaired) electrons. The Morgan fingerprint density at radius 3 is 2.78 bits per heavy atom. The van der Waals surface area contributed by atoms with Crippen molar-refractivity contribution in [2.75, 3.05) is 20.2 Å². The van der Waals surface area contributed by atoms with Crippen molar-refractivity contribution in [1.82, 2.24) is 5.32 Å². The number of benzene rings is 2. The fraction of sp³-hybridized carbons (Fsp3) is 0.368. The summed E-state index contributed by atoms with van der Waals surface area (Å²) in [5.74, 6) is 0. The Labute approximate surface area is 140 Å². The van der Waals surface area contributed by atoms with Crippen molar-refractivity contribution >= 4 is 10.8 Å². The second-order valence-electron chi connectivity index (χ2n) is 5.80. The first-order valence-electron chi connectivity index (χ1n) is 8.15. The molecule has 0 saturated carbocycles. The van der Waals surface area contributed by atoms with Gasteiger partial charge in [0, 0.05) is 16.3 Å². The summed E-state index contributed by atoms with van der Waals surface area (Å²) in [5, 5.41) is 3.11. The first-order chi connectivity index (χ1) is 11.3. The van der Waals surface area contributed by atoms with Crippen LogP contribution in [0.4, 0.5) is 0 Å². The molecule has 3 nitrogen and oxygen atoms in total. The molecule has 1 N–H and O–H groups in total. The highest BCUT2D eigenvalue weighted by Crippen LogP contribution is 2.34. The maximum absolute atomic E-state index is 12.7. The molecule has 0 heterocycles. The predicted octanol–water partition coefficient (Wildman–Crippen LogP) is 3.47. The molecule has 122 valence electrons. The number of hydrogen-bond acceptors (Lipinski definition) is 3. The van der Waals surface area contributed by atoms with Crippen molar-refractivity contribution in [2.45, 2.75) is 35.2 Å². The van der Waals surface area contributed by atoms with E-state index >= 15 is 0 Å². The topological polar surface area (TPSA) is 38.3 Å². The highest BCUT2D eigenvalue weighted by molar-refractivity contribution is 7.85. The SMILES string of the molecule is CNCCOC1CCCc2cc(S(=O)c3ccccc3)ccc21. The van der Waals surface area contributed by atoms with Gasteiger partial charge in [0.05, 0.1) is 23.5 Å². The molecular weight excluding hydrogens is 306 g/mol. The molecule has 0 aliphatic heterocycles. The molecule has 2 aromatic rings. The number of fused-ring (bicyclic) bond motifs is 1. The number of nitrogens with one attached hydrogen (secondary N) is 1. The summed E-state index contributed by atoms with van der Waals surface area (Å²) in [6.07, 6.45) is 3.41. The lowest BCUT2D eigenvalue weighted by molar-refractivity contribution is 0.0434. The van der Waals surface area contributed by atoms with Gasteiger partial charge in [0.2, 0.25) is 0 Å². The van der Waals surface area contributed by atoms with Crippen molar-refractivity contribution in [3.8, 4) is 0 Å². The third-order valence-corrected chi connectivity index (χ3v) is 5.60. The zero-order valence-corrected chi connectivity index (χ0v) is 14.3. The van der Waals surface area contributed by atoms with Crippen LogP contribution in [0.25, 0.3) is 0 Å². The van der Waals surface area contributed by atoms with Gasteiger partial charge >= 0.3 is 0 Å². The van der Waals surface area contributed by atoms with Gasteiger partial charge in [-0.3, -0.25) is 0 Å². The lowest BCUT2D eigenvalue weighted by Crippen LogP contribution is -2.19. The molecule has 0 fully saturated rings. The molecule has 2 atom stereocenters. The molecular formula is C19H23NO2S. The minimum atomic E-state index is -1.11. The number of hydrogen-bond donors (Lipinski definition) is 1. The summed E-state index contributed by atoms with van der Waals surface area (Å²) in [5.41, 5.74) is 2.55. The first kappa shape index (κ1) is 16.4. The van der Waals surface area contributed by atoms with Crippen LogP contribution in [0, 0.1) is 0 Å². The monoisotopic (exact) mass is 329 g/mol. The Bertz CT molecular complexity index is 672. The average Bonchev–Trinajstić information content (AvgIpc) is 2.62. The molecule has 3 rings (SSSR count). The van der Waals surface area contributed by atoms with Crippen LogP contribution in [0.2, 0.25) is 0 Å². The van der Waals surface area contributed by atoms with Gasteiger partial charge in [0.25, 0.3) is 0 Å². The zero-order chi connectivity index (χ0) is 16.1. The van der Waals surface area contributed by atoms with E-state index in [2.05, 4.69) is 17.4 Å². The molecule has 0 aromatic heterocycles. The zero-order valence-electron chi connectivity index (χ0n) is 13.5. The van der Waals surface area contributed by atoms with Crippen molar-refractivity contribution in [1.29, 1.82) is 0 Å². The summed E-state index contributed by atoms with van der Waals surface area (Å²) in [4.78, 5) is 1.73. The molecule has 4 heteroatoms. The summed E-state index contributed by atoms with van der Waals surface area (Å²) in [7, 11) is 0.820. The van der Waals surface area contributed by atoms with Crippen LogP contribution in [0.3, 0.4) is 0 Å². The van der Waals surface area contributed by atoms with E-state index in [1.54, 1.807) is 0 Å². The van der Waals surface area contributed by atoms with Gasteiger partial charge in [0.15, 0.2) is 0 Å². The summed E-state index contributed by atoms with van der Waals surface area (Å²) < 4.78 is 18.7. The lowest BCUT2D eigenvalue weighted by atomic mass is 9.89. The van der Waals surface area contributed by atoms with Gasteiger partial charge in [-0.05, 0) is 61.7 Å². The number of likely N-dealkylation sites (N-methyl/N-ethyl adjacent to an activating group) is 1. The standard InChI is InChI=1S/C19H23NO2S/c1-20-12-13-22-19-9-5-6-15-14-17(10-11-18(15)19)23(21)16-7-3-2-4-8-16/h2-4,7-8,10-11,14,19-20H,5-6,9,12-13H2,1H3. The predicted molar refractivity (Wildman–Crippen MR) is 93.1 cm³/mol. The van der Waals surface area contributed by atoms with E-state index in [0.717, 1.165) is 42.2 Å². The maximum atomic E-state index is 12.7. The Kier molecular flexibility index (Phi) is 5.60. The smallest absolute Gasteiger partial charge is 0.0849 e. The van der Waals surface area contributed by atoms with Crippen molar-refractivity contribution < 1.29 is 8.95 Å². The van der Waals surface area contributed by atoms with Gasteiger partial charge in [-0.1, -0.05) is 24.3 Å². The van der Waals surface area contributed by atoms with Gasteiger partial charge in [-0.15, -0.1) is 0 Å². The second kappa shape index (κ2) is 7.86. The third kappa shape index (κ3) is 3.89. The minimum Gasteiger partial charge on any atom is -0.372 e. The van der Waals surface area contributed by atoms with Crippen LogP contribution in [0.5, 0.6) is 0 Å². The molecule has 0 bridgehead atoms. The molecule has 1 aliphatic carbocycles. The van der Waals surface area contributed by atoms with E-state index in [4.69, 9.17) is 4.74 Å². The molecule has 1 aliphatic rings. The Balaban J connectivity index is 1.80. The Morgan fingerprint density at radius 1 is 1.17 bits per heavy atom. The number of aryl methyl sites for hydroxylation is 1. The number of ether oxygens (including phenoxy) is 1. The molecule has 0 saturated heterocycles. The third-order valence-electron chi connectivity index (χ3n) is 4.22. The van der Waals surface area contributed by atoms with Crippen LogP contribution in [0.15, 0.2) is 58.3 Å². The largest absolute Gasteiger partial charge is 0.372 e. The van der Waals surface area contributed by atoms with Crippen LogP contribution < -0.4 is 5.32 Å². The van der Waals surface area contributed by atoms with Crippen molar-refractivity contribution in [3.63, 3.8) is 0 Å². The van der Waals surface area contributed by atoms with E-state index in [9.17, 15) is 4.21 Å². The Hall–Kier alpha value is -1.49. The van der Waals surface area contributed by atoms with Crippen LogP contribution in [-0.2, 0) is 22.0 Å². The van der Waals surface area contributed by atoms with Crippen LogP contribution >= 0.6 is 0 Å². The minimum absolute atomic E-state index is 0.173. The first-order valence-corrected chi connectivity index (χ1v) is 9.30. The lowest BCUT2D eigenvalue weighted by Gasteiger charge is -2.26. The fourth-order valence-corrected chi connectivity index (χ4v) is 4.14. The summed E-state index contributed by atoms with van der Waals surface area (Å²) in [6, 6.07) is 15.8. The van der Waals surface area contributed by atoms with E-state index in [0.29, 0.717) is 0 Å². The quantitative estimate of drug-likeness (QED) is 0.825. The van der Waals surface area contributed by atoms with Crippen LogP contribution in [-0.4, -0.2) is 24.4 Å². The van der Waals surface area contributed by atoms with Gasteiger partial charge in [-0.25, -0.2) is 4.21 Å². The van der Waals surface area contributed by atoms with Crippen molar-refractivity contribution in [2.24, 2.45) is 0 Å². The van der Waals surface area contributed by atoms with Gasteiger partial charge < -0.3 is 10.1 Å². The van der Waals surface area contributed by atoms with Crippen molar-refractivity contribution in [3.05, 3.63) is 59.7 Å². The Morgan fingerprint density at radius 2 is 2.00 bits per heavy atom. The summed E-state index contributed by atoms with van der Waals surface area (Å²) in [6.45, 7) is 1.58. The highest BCUT2D eigenvalue weighted by Gasteiger charge is 2.21. The second-order valence-corrected chi connectivity index (χ2v) is 7.28. The van der Waals surface area contributed by atoms with E-state index in [-0.39, 0.29) is 6.10 Å². The molecule has 0 amide bonds. The van der Waals surface area contributed by atoms with Crippen LogP contribution in [0.1, 0.15) is 30.1 Å². The molecule has 0 spiro atoms. The van der Waals surface area contributed by atoms with Gasteiger partial charge in [0.1, 0.15) is 0 Å². The maximum Gasteiger partial charge on any atom is 0.0849 e. The average molecular weight is 329 g/mol.